The monoisotopic (exact) mass is 691 g/mol. The summed E-state index contributed by atoms with van der Waals surface area (Å²) in [4.78, 5) is 42.2. The van der Waals surface area contributed by atoms with Crippen molar-refractivity contribution in [2.45, 2.75) is 20.0 Å². The van der Waals surface area contributed by atoms with Gasteiger partial charge in [-0.15, -0.1) is 6.58 Å². The first kappa shape index (κ1) is 32.3. The molecule has 0 saturated carbocycles. The highest BCUT2D eigenvalue weighted by Gasteiger charge is 2.36. The molecule has 234 valence electrons. The molecule has 2 aliphatic rings. The van der Waals surface area contributed by atoms with E-state index in [9.17, 15) is 14.4 Å². The van der Waals surface area contributed by atoms with Crippen LogP contribution in [0.3, 0.4) is 0 Å². The summed E-state index contributed by atoms with van der Waals surface area (Å²) >= 11 is 4.25. The quantitative estimate of drug-likeness (QED) is 0.166. The second-order valence-corrected chi connectivity index (χ2v) is 12.2. The second-order valence-electron chi connectivity index (χ2n) is 10.3. The van der Waals surface area contributed by atoms with Crippen LogP contribution in [-0.2, 0) is 27.4 Å². The van der Waals surface area contributed by atoms with Crippen molar-refractivity contribution in [2.24, 2.45) is 0 Å². The Kier molecular flexibility index (Phi) is 11.0. The molecule has 9 nitrogen and oxygen atoms in total. The van der Waals surface area contributed by atoms with Crippen LogP contribution in [-0.4, -0.2) is 61.4 Å². The largest absolute Gasteiger partial charge is 0.490 e. The van der Waals surface area contributed by atoms with Crippen molar-refractivity contribution in [3.63, 3.8) is 0 Å². The molecule has 0 unspecified atom stereocenters. The van der Waals surface area contributed by atoms with Gasteiger partial charge < -0.3 is 24.4 Å². The minimum atomic E-state index is -0.526. The van der Waals surface area contributed by atoms with Crippen LogP contribution in [0.25, 0.3) is 6.08 Å². The molecule has 2 aliphatic heterocycles. The fourth-order valence-corrected chi connectivity index (χ4v) is 6.05. The number of allylic oxidation sites excluding steroid dienone is 1. The summed E-state index contributed by atoms with van der Waals surface area (Å²) in [6.45, 7) is 9.11. The Morgan fingerprint density at radius 2 is 1.80 bits per heavy atom. The van der Waals surface area contributed by atoms with Gasteiger partial charge in [-0.2, -0.15) is 0 Å². The number of carbonyl (C=O) groups excluding carboxylic acids is 3. The van der Waals surface area contributed by atoms with Crippen LogP contribution >= 0.6 is 27.7 Å². The smallest absolute Gasteiger partial charge is 0.294 e. The average molecular weight is 693 g/mol. The zero-order valence-corrected chi connectivity index (χ0v) is 27.3. The highest BCUT2D eigenvalue weighted by Crippen LogP contribution is 2.38. The number of anilines is 2. The summed E-state index contributed by atoms with van der Waals surface area (Å²) in [7, 11) is 0. The number of halogens is 1. The molecule has 2 fully saturated rings. The van der Waals surface area contributed by atoms with E-state index in [0.717, 1.165) is 51.0 Å². The van der Waals surface area contributed by atoms with E-state index in [0.29, 0.717) is 55.6 Å². The number of ether oxygens (including phenoxy) is 3. The van der Waals surface area contributed by atoms with Gasteiger partial charge in [0.1, 0.15) is 13.2 Å². The zero-order valence-electron chi connectivity index (χ0n) is 24.9. The second kappa shape index (κ2) is 15.3. The summed E-state index contributed by atoms with van der Waals surface area (Å²) < 4.78 is 18.5. The van der Waals surface area contributed by atoms with Crippen LogP contribution in [0.15, 0.2) is 82.7 Å². The number of rotatable bonds is 12. The van der Waals surface area contributed by atoms with Gasteiger partial charge in [0.25, 0.3) is 11.1 Å². The van der Waals surface area contributed by atoms with Crippen LogP contribution < -0.4 is 19.7 Å². The first-order valence-electron chi connectivity index (χ1n) is 14.6. The molecule has 3 aromatic rings. The highest BCUT2D eigenvalue weighted by atomic mass is 79.9. The predicted molar refractivity (Wildman–Crippen MR) is 181 cm³/mol. The van der Waals surface area contributed by atoms with E-state index in [1.54, 1.807) is 30.4 Å². The van der Waals surface area contributed by atoms with Crippen molar-refractivity contribution in [1.29, 1.82) is 0 Å². The van der Waals surface area contributed by atoms with Gasteiger partial charge in [0, 0.05) is 34.5 Å². The third kappa shape index (κ3) is 8.36. The van der Waals surface area contributed by atoms with Crippen molar-refractivity contribution in [1.82, 2.24) is 4.90 Å². The number of carbonyl (C=O) groups is 3. The van der Waals surface area contributed by atoms with E-state index < -0.39 is 17.1 Å². The molecule has 0 aromatic heterocycles. The van der Waals surface area contributed by atoms with E-state index >= 15 is 0 Å². The molecule has 0 bridgehead atoms. The number of hydrogen-bond donors (Lipinski definition) is 1. The van der Waals surface area contributed by atoms with Crippen molar-refractivity contribution >= 4 is 62.2 Å². The molecule has 0 spiro atoms. The van der Waals surface area contributed by atoms with E-state index in [4.69, 9.17) is 14.2 Å². The highest BCUT2D eigenvalue weighted by molar-refractivity contribution is 9.10. The van der Waals surface area contributed by atoms with Crippen LogP contribution in [0.2, 0.25) is 0 Å². The molecular formula is C34H34BrN3O6S. The molecule has 0 radical (unpaired) electrons. The number of thioether (sulfide) groups is 1. The number of nitrogens with one attached hydrogen (secondary N) is 1. The van der Waals surface area contributed by atoms with Crippen LogP contribution in [0.4, 0.5) is 16.2 Å². The maximum Gasteiger partial charge on any atom is 0.294 e. The van der Waals surface area contributed by atoms with E-state index in [1.807, 2.05) is 49.4 Å². The zero-order chi connectivity index (χ0) is 31.8. The van der Waals surface area contributed by atoms with Gasteiger partial charge in [-0.3, -0.25) is 19.3 Å². The fourth-order valence-electron chi connectivity index (χ4n) is 4.95. The number of morpholine rings is 1. The number of amides is 3. The molecule has 0 atom stereocenters. The minimum absolute atomic E-state index is 0.221. The molecule has 45 heavy (non-hydrogen) atoms. The topological polar surface area (TPSA) is 97.4 Å². The van der Waals surface area contributed by atoms with E-state index in [1.165, 1.54) is 0 Å². The van der Waals surface area contributed by atoms with Crippen molar-refractivity contribution in [2.75, 3.05) is 49.7 Å². The van der Waals surface area contributed by atoms with Gasteiger partial charge in [0.05, 0.1) is 24.7 Å². The van der Waals surface area contributed by atoms with Gasteiger partial charge in [0.2, 0.25) is 5.91 Å². The molecule has 0 aliphatic carbocycles. The molecule has 3 aromatic carbocycles. The van der Waals surface area contributed by atoms with Crippen molar-refractivity contribution < 1.29 is 28.6 Å². The standard InChI is InChI=1S/C34H34BrN3O6S/c1-3-5-25-18-24(19-29(43-4-2)32(25)44-22-23-6-8-26(35)9-7-23)20-30-33(40)38(34(41)45-30)21-31(39)36-27-10-12-28(13-11-27)37-14-16-42-17-15-37/h3,6-13,18-20H,1,4-5,14-17,21-22H2,2H3,(H,36,39)/b30-20-. The fraction of sp³-hybridized carbons (Fsp3) is 0.265. The minimum Gasteiger partial charge on any atom is -0.490 e. The number of hydrogen-bond acceptors (Lipinski definition) is 8. The molecule has 5 rings (SSSR count). The van der Waals surface area contributed by atoms with Gasteiger partial charge in [0.15, 0.2) is 11.5 Å². The van der Waals surface area contributed by atoms with Crippen molar-refractivity contribution in [3.8, 4) is 11.5 Å². The van der Waals surface area contributed by atoms with Gasteiger partial charge in [-0.25, -0.2) is 0 Å². The molecule has 11 heteroatoms. The Hall–Kier alpha value is -4.06. The lowest BCUT2D eigenvalue weighted by Crippen LogP contribution is -2.36. The van der Waals surface area contributed by atoms with Gasteiger partial charge in [-0.1, -0.05) is 34.1 Å². The lowest BCUT2D eigenvalue weighted by Gasteiger charge is -2.28. The van der Waals surface area contributed by atoms with Crippen LogP contribution in [0, 0.1) is 0 Å². The number of nitrogens with zero attached hydrogens (tertiary/aromatic N) is 2. The molecule has 2 saturated heterocycles. The van der Waals surface area contributed by atoms with Crippen LogP contribution in [0.5, 0.6) is 11.5 Å². The molecular weight excluding hydrogens is 658 g/mol. The van der Waals surface area contributed by atoms with Crippen molar-refractivity contribution in [3.05, 3.63) is 99.4 Å². The summed E-state index contributed by atoms with van der Waals surface area (Å²) in [6, 6.07) is 19.0. The van der Waals surface area contributed by atoms with Crippen LogP contribution in [0.1, 0.15) is 23.6 Å². The maximum absolute atomic E-state index is 13.2. The molecule has 3 amide bonds. The lowest BCUT2D eigenvalue weighted by molar-refractivity contribution is -0.127. The molecule has 2 heterocycles. The van der Waals surface area contributed by atoms with E-state index in [-0.39, 0.29) is 11.4 Å². The molecule has 1 N–H and O–H groups in total. The Morgan fingerprint density at radius 3 is 2.49 bits per heavy atom. The first-order chi connectivity index (χ1) is 21.8. The Balaban J connectivity index is 1.27. The van der Waals surface area contributed by atoms with E-state index in [2.05, 4.69) is 32.7 Å². The predicted octanol–water partition coefficient (Wildman–Crippen LogP) is 6.67. The first-order valence-corrected chi connectivity index (χ1v) is 16.2. The summed E-state index contributed by atoms with van der Waals surface area (Å²) in [5, 5.41) is 2.28. The number of benzene rings is 3. The summed E-state index contributed by atoms with van der Waals surface area (Å²) in [5.74, 6) is 0.136. The maximum atomic E-state index is 13.2. The average Bonchev–Trinajstić information content (AvgIpc) is 3.29. The summed E-state index contributed by atoms with van der Waals surface area (Å²) in [6.07, 6.45) is 3.91. The van der Waals surface area contributed by atoms with Gasteiger partial charge >= 0.3 is 0 Å². The van der Waals surface area contributed by atoms with Gasteiger partial charge in [-0.05, 0) is 90.8 Å². The Labute approximate surface area is 275 Å². The normalized spacial score (nSPS) is 15.8. The lowest BCUT2D eigenvalue weighted by atomic mass is 10.0. The third-order valence-corrected chi connectivity index (χ3v) is 8.55. The Bertz CT molecular complexity index is 1590. The summed E-state index contributed by atoms with van der Waals surface area (Å²) in [5.41, 5.74) is 4.12. The Morgan fingerprint density at radius 1 is 1.07 bits per heavy atom. The SMILES string of the molecule is C=CCc1cc(/C=C2\SC(=O)N(CC(=O)Nc3ccc(N4CCOCC4)cc3)C2=O)cc(OCC)c1OCc1ccc(Br)cc1. The number of imide groups is 1. The third-order valence-electron chi connectivity index (χ3n) is 7.11.